The molecule has 130 valence electrons. The molecule has 0 unspecified atom stereocenters. The summed E-state index contributed by atoms with van der Waals surface area (Å²) in [5.74, 6) is -0.645. The Balaban J connectivity index is 2.73. The largest absolute Gasteiger partial charge is 0.483 e. The zero-order chi connectivity index (χ0) is 18.1. The topological polar surface area (TPSA) is 119 Å². The van der Waals surface area contributed by atoms with E-state index in [9.17, 15) is 24.5 Å². The van der Waals surface area contributed by atoms with Crippen molar-refractivity contribution in [3.8, 4) is 5.75 Å². The van der Waals surface area contributed by atoms with Gasteiger partial charge in [0.2, 0.25) is 5.91 Å². The van der Waals surface area contributed by atoms with Gasteiger partial charge in [-0.3, -0.25) is 24.5 Å². The van der Waals surface area contributed by atoms with Crippen molar-refractivity contribution < 1.29 is 24.0 Å². The molecular weight excluding hydrogens is 318 g/mol. The summed E-state index contributed by atoms with van der Waals surface area (Å²) in [6.45, 7) is 3.81. The Bertz CT molecular complexity index is 632. The van der Waals surface area contributed by atoms with Crippen LogP contribution < -0.4 is 10.1 Å². The van der Waals surface area contributed by atoms with Gasteiger partial charge in [-0.15, -0.1) is 0 Å². The number of nitrogens with one attached hydrogen (secondary N) is 1. The first-order valence-electron chi connectivity index (χ1n) is 7.33. The van der Waals surface area contributed by atoms with E-state index in [1.54, 1.807) is 13.8 Å². The van der Waals surface area contributed by atoms with Gasteiger partial charge in [-0.05, 0) is 19.9 Å². The standard InChI is InChI=1S/C15H19N3O6/c1-3-16-14(20)8-17(4-2)15(21)10-24-13-6-5-12(18(22)23)7-11(13)9-19/h5-7,9H,3-4,8,10H2,1-2H3,(H,16,20). The molecule has 0 saturated carbocycles. The van der Waals surface area contributed by atoms with Crippen molar-refractivity contribution in [2.45, 2.75) is 13.8 Å². The van der Waals surface area contributed by atoms with Crippen molar-refractivity contribution in [3.05, 3.63) is 33.9 Å². The third-order valence-corrected chi connectivity index (χ3v) is 3.13. The highest BCUT2D eigenvalue weighted by Gasteiger charge is 2.17. The molecule has 9 nitrogen and oxygen atoms in total. The first kappa shape index (κ1) is 19.1. The van der Waals surface area contributed by atoms with E-state index in [2.05, 4.69) is 5.32 Å². The lowest BCUT2D eigenvalue weighted by molar-refractivity contribution is -0.384. The Morgan fingerprint density at radius 3 is 2.62 bits per heavy atom. The first-order valence-corrected chi connectivity index (χ1v) is 7.33. The van der Waals surface area contributed by atoms with Crippen LogP contribution in [0.4, 0.5) is 5.69 Å². The smallest absolute Gasteiger partial charge is 0.270 e. The van der Waals surface area contributed by atoms with Gasteiger partial charge in [0.05, 0.1) is 17.0 Å². The summed E-state index contributed by atoms with van der Waals surface area (Å²) < 4.78 is 5.27. The summed E-state index contributed by atoms with van der Waals surface area (Å²) in [6, 6.07) is 3.51. The van der Waals surface area contributed by atoms with E-state index in [1.807, 2.05) is 0 Å². The lowest BCUT2D eigenvalue weighted by Gasteiger charge is -2.20. The highest BCUT2D eigenvalue weighted by atomic mass is 16.6. The van der Waals surface area contributed by atoms with Gasteiger partial charge in [-0.1, -0.05) is 0 Å². The molecule has 9 heteroatoms. The van der Waals surface area contributed by atoms with Gasteiger partial charge >= 0.3 is 0 Å². The number of nitro benzene ring substituents is 1. The maximum atomic E-state index is 12.1. The Morgan fingerprint density at radius 1 is 1.38 bits per heavy atom. The Labute approximate surface area is 138 Å². The molecule has 0 fully saturated rings. The van der Waals surface area contributed by atoms with Gasteiger partial charge in [-0.2, -0.15) is 0 Å². The molecule has 0 atom stereocenters. The molecule has 24 heavy (non-hydrogen) atoms. The number of nitro groups is 1. The van der Waals surface area contributed by atoms with Crippen LogP contribution in [-0.4, -0.2) is 54.2 Å². The zero-order valence-corrected chi connectivity index (χ0v) is 13.5. The summed E-state index contributed by atoms with van der Waals surface area (Å²) >= 11 is 0. The van der Waals surface area contributed by atoms with Crippen LogP contribution in [0.15, 0.2) is 18.2 Å². The highest BCUT2D eigenvalue weighted by molar-refractivity contribution is 5.86. The Kier molecular flexibility index (Phi) is 7.34. The van der Waals surface area contributed by atoms with Gasteiger partial charge in [0.15, 0.2) is 12.9 Å². The van der Waals surface area contributed by atoms with Gasteiger partial charge in [0.1, 0.15) is 5.75 Å². The third-order valence-electron chi connectivity index (χ3n) is 3.13. The van der Waals surface area contributed by atoms with Crippen molar-refractivity contribution in [1.29, 1.82) is 0 Å². The van der Waals surface area contributed by atoms with E-state index in [1.165, 1.54) is 17.0 Å². The summed E-state index contributed by atoms with van der Waals surface area (Å²) in [7, 11) is 0. The molecule has 2 amide bonds. The molecule has 1 N–H and O–H groups in total. The van der Waals surface area contributed by atoms with Crippen LogP contribution in [0.5, 0.6) is 5.75 Å². The summed E-state index contributed by atoms with van der Waals surface area (Å²) in [4.78, 5) is 46.0. The molecule has 1 aromatic carbocycles. The summed E-state index contributed by atoms with van der Waals surface area (Å²) in [6.07, 6.45) is 0.416. The van der Waals surface area contributed by atoms with E-state index in [-0.39, 0.29) is 36.1 Å². The normalized spacial score (nSPS) is 9.92. The number of carbonyl (C=O) groups excluding carboxylic acids is 3. The molecule has 0 spiro atoms. The van der Waals surface area contributed by atoms with Crippen LogP contribution >= 0.6 is 0 Å². The van der Waals surface area contributed by atoms with Gasteiger partial charge in [-0.25, -0.2) is 0 Å². The summed E-state index contributed by atoms with van der Waals surface area (Å²) in [5, 5.41) is 13.3. The predicted octanol–water partition coefficient (Wildman–Crippen LogP) is 0.771. The maximum Gasteiger partial charge on any atom is 0.270 e. The maximum absolute atomic E-state index is 12.1. The lowest BCUT2D eigenvalue weighted by Crippen LogP contribution is -2.42. The third kappa shape index (κ3) is 5.34. The van der Waals surface area contributed by atoms with Crippen LogP contribution in [0.3, 0.4) is 0 Å². The molecule has 0 aliphatic heterocycles. The number of likely N-dealkylation sites (N-methyl/N-ethyl adjacent to an activating group) is 2. The van der Waals surface area contributed by atoms with E-state index in [4.69, 9.17) is 4.74 Å². The van der Waals surface area contributed by atoms with Crippen molar-refractivity contribution in [2.75, 3.05) is 26.2 Å². The molecule has 0 aromatic heterocycles. The SMILES string of the molecule is CCNC(=O)CN(CC)C(=O)COc1ccc([N+](=O)[O-])cc1C=O. The number of rotatable bonds is 9. The van der Waals surface area contributed by atoms with Crippen LogP contribution in [0.25, 0.3) is 0 Å². The number of amides is 2. The van der Waals surface area contributed by atoms with Crippen molar-refractivity contribution in [1.82, 2.24) is 10.2 Å². The zero-order valence-electron chi connectivity index (χ0n) is 13.5. The molecule has 1 aromatic rings. The minimum atomic E-state index is -0.632. The minimum Gasteiger partial charge on any atom is -0.483 e. The second kappa shape index (κ2) is 9.23. The molecule has 0 radical (unpaired) electrons. The van der Waals surface area contributed by atoms with E-state index in [0.29, 0.717) is 19.4 Å². The molecule has 0 saturated heterocycles. The fourth-order valence-corrected chi connectivity index (χ4v) is 1.91. The Hall–Kier alpha value is -2.97. The average Bonchev–Trinajstić information content (AvgIpc) is 2.57. The monoisotopic (exact) mass is 337 g/mol. The van der Waals surface area contributed by atoms with E-state index in [0.717, 1.165) is 6.07 Å². The van der Waals surface area contributed by atoms with Crippen molar-refractivity contribution >= 4 is 23.8 Å². The van der Waals surface area contributed by atoms with Crippen LogP contribution in [0, 0.1) is 10.1 Å². The average molecular weight is 337 g/mol. The quantitative estimate of drug-likeness (QED) is 0.404. The molecule has 1 rings (SSSR count). The highest BCUT2D eigenvalue weighted by Crippen LogP contribution is 2.22. The number of aldehydes is 1. The number of carbonyl (C=O) groups is 3. The van der Waals surface area contributed by atoms with Gasteiger partial charge < -0.3 is 15.0 Å². The molecule has 0 heterocycles. The molecule has 0 aliphatic carbocycles. The lowest BCUT2D eigenvalue weighted by atomic mass is 10.2. The second-order valence-corrected chi connectivity index (χ2v) is 4.75. The second-order valence-electron chi connectivity index (χ2n) is 4.75. The minimum absolute atomic E-state index is 0.0243. The van der Waals surface area contributed by atoms with E-state index >= 15 is 0 Å². The van der Waals surface area contributed by atoms with Crippen LogP contribution in [0.1, 0.15) is 24.2 Å². The number of nitrogens with zero attached hydrogens (tertiary/aromatic N) is 2. The summed E-state index contributed by atoms with van der Waals surface area (Å²) in [5.41, 5.74) is -0.272. The van der Waals surface area contributed by atoms with E-state index < -0.39 is 10.8 Å². The number of benzene rings is 1. The fraction of sp³-hybridized carbons (Fsp3) is 0.400. The number of hydrogen-bond donors (Lipinski definition) is 1. The van der Waals surface area contributed by atoms with Crippen LogP contribution in [0.2, 0.25) is 0 Å². The molecular formula is C15H19N3O6. The van der Waals surface area contributed by atoms with Gasteiger partial charge in [0.25, 0.3) is 11.6 Å². The van der Waals surface area contributed by atoms with Crippen molar-refractivity contribution in [3.63, 3.8) is 0 Å². The van der Waals surface area contributed by atoms with Crippen LogP contribution in [-0.2, 0) is 9.59 Å². The fourth-order valence-electron chi connectivity index (χ4n) is 1.91. The Morgan fingerprint density at radius 2 is 2.08 bits per heavy atom. The number of non-ortho nitro benzene ring substituents is 1. The number of hydrogen-bond acceptors (Lipinski definition) is 6. The molecule has 0 aliphatic rings. The van der Waals surface area contributed by atoms with Crippen molar-refractivity contribution in [2.24, 2.45) is 0 Å². The number of ether oxygens (including phenoxy) is 1. The molecule has 0 bridgehead atoms. The van der Waals surface area contributed by atoms with Gasteiger partial charge in [0, 0.05) is 25.2 Å². The predicted molar refractivity (Wildman–Crippen MR) is 84.9 cm³/mol. The first-order chi connectivity index (χ1) is 11.4.